The number of aromatic nitrogens is 1. The highest BCUT2D eigenvalue weighted by atomic mass is 79.9. The van der Waals surface area contributed by atoms with Gasteiger partial charge in [-0.15, -0.1) is 11.3 Å². The van der Waals surface area contributed by atoms with E-state index in [1.807, 2.05) is 30.5 Å². The summed E-state index contributed by atoms with van der Waals surface area (Å²) in [6, 6.07) is 12.7. The Kier molecular flexibility index (Phi) is 8.00. The maximum atomic E-state index is 12.4. The summed E-state index contributed by atoms with van der Waals surface area (Å²) in [5, 5.41) is 8.32. The van der Waals surface area contributed by atoms with Crippen LogP contribution in [-0.2, 0) is 0 Å². The van der Waals surface area contributed by atoms with Crippen LogP contribution in [0.1, 0.15) is 30.6 Å². The van der Waals surface area contributed by atoms with Gasteiger partial charge in [0.05, 0.1) is 23.4 Å². The number of hydrogen-bond acceptors (Lipinski definition) is 6. The first-order chi connectivity index (χ1) is 14.9. The molecule has 3 rings (SSSR count). The zero-order valence-corrected chi connectivity index (χ0v) is 20.5. The number of benzene rings is 2. The van der Waals surface area contributed by atoms with E-state index < -0.39 is 0 Å². The molecule has 2 N–H and O–H groups in total. The van der Waals surface area contributed by atoms with Crippen molar-refractivity contribution in [3.05, 3.63) is 57.9 Å². The third kappa shape index (κ3) is 6.25. The maximum Gasteiger partial charge on any atom is 0.257 e. The summed E-state index contributed by atoms with van der Waals surface area (Å²) in [4.78, 5) is 17.0. The van der Waals surface area contributed by atoms with Crippen molar-refractivity contribution < 1.29 is 14.3 Å². The molecule has 0 fully saturated rings. The highest BCUT2D eigenvalue weighted by molar-refractivity contribution is 9.10. The Labute approximate surface area is 199 Å². The number of methoxy groups -OCH3 is 1. The Bertz CT molecular complexity index is 1070. The first-order valence-corrected chi connectivity index (χ1v) is 11.7. The van der Waals surface area contributed by atoms with Gasteiger partial charge in [0.25, 0.3) is 5.91 Å². The number of ether oxygens (including phenoxy) is 2. The number of carbonyl (C=O) groups excluding carboxylic acids is 1. The van der Waals surface area contributed by atoms with Gasteiger partial charge in [0.15, 0.2) is 10.2 Å². The van der Waals surface area contributed by atoms with E-state index in [2.05, 4.69) is 38.5 Å². The second-order valence-electron chi connectivity index (χ2n) is 6.66. The predicted octanol–water partition coefficient (Wildman–Crippen LogP) is 5.89. The fourth-order valence-corrected chi connectivity index (χ4v) is 4.11. The number of nitrogens with one attached hydrogen (secondary N) is 2. The van der Waals surface area contributed by atoms with Crippen LogP contribution >= 0.6 is 39.5 Å². The fourth-order valence-electron chi connectivity index (χ4n) is 2.59. The minimum atomic E-state index is -0.302. The van der Waals surface area contributed by atoms with Gasteiger partial charge in [0, 0.05) is 16.5 Å². The Morgan fingerprint density at radius 3 is 2.65 bits per heavy atom. The summed E-state index contributed by atoms with van der Waals surface area (Å²) in [6.07, 6.45) is 1.04. The number of halogens is 1. The van der Waals surface area contributed by atoms with E-state index >= 15 is 0 Å². The van der Waals surface area contributed by atoms with Gasteiger partial charge >= 0.3 is 0 Å². The van der Waals surface area contributed by atoms with Gasteiger partial charge in [-0.2, -0.15) is 0 Å². The molecule has 1 aromatic heterocycles. The van der Waals surface area contributed by atoms with Gasteiger partial charge in [-0.3, -0.25) is 10.1 Å². The van der Waals surface area contributed by atoms with E-state index in [9.17, 15) is 4.79 Å². The monoisotopic (exact) mass is 519 g/mol. The smallest absolute Gasteiger partial charge is 0.257 e. The third-order valence-electron chi connectivity index (χ3n) is 4.43. The van der Waals surface area contributed by atoms with Crippen LogP contribution < -0.4 is 20.1 Å². The molecule has 0 radical (unpaired) electrons. The lowest BCUT2D eigenvalue weighted by Gasteiger charge is -2.13. The lowest BCUT2D eigenvalue weighted by molar-refractivity contribution is 0.0977. The van der Waals surface area contributed by atoms with Crippen LogP contribution in [0.4, 0.5) is 5.13 Å². The van der Waals surface area contributed by atoms with Gasteiger partial charge < -0.3 is 14.8 Å². The Hall–Kier alpha value is -2.49. The minimum absolute atomic E-state index is 0.124. The average molecular weight is 520 g/mol. The number of thiocarbonyl (C=S) groups is 1. The normalized spacial score (nSPS) is 11.5. The molecule has 0 aliphatic heterocycles. The molecule has 9 heteroatoms. The molecule has 31 heavy (non-hydrogen) atoms. The highest BCUT2D eigenvalue weighted by Crippen LogP contribution is 2.32. The second-order valence-corrected chi connectivity index (χ2v) is 8.78. The van der Waals surface area contributed by atoms with Crippen molar-refractivity contribution in [2.45, 2.75) is 26.4 Å². The van der Waals surface area contributed by atoms with Crippen molar-refractivity contribution in [3.8, 4) is 22.8 Å². The molecular weight excluding hydrogens is 498 g/mol. The summed E-state index contributed by atoms with van der Waals surface area (Å²) < 4.78 is 11.8. The summed E-state index contributed by atoms with van der Waals surface area (Å²) >= 11 is 10.1. The number of thiazole rings is 1. The van der Waals surface area contributed by atoms with Gasteiger partial charge in [0.2, 0.25) is 0 Å². The second kappa shape index (κ2) is 10.7. The summed E-state index contributed by atoms with van der Waals surface area (Å²) in [5.74, 6) is 1.18. The van der Waals surface area contributed by atoms with Gasteiger partial charge in [-0.05, 0) is 84.0 Å². The van der Waals surface area contributed by atoms with E-state index in [4.69, 9.17) is 21.7 Å². The molecule has 0 saturated carbocycles. The first-order valence-electron chi connectivity index (χ1n) is 9.58. The molecule has 162 valence electrons. The molecule has 0 aliphatic carbocycles. The molecular formula is C22H22BrN3O3S2. The molecule has 0 bridgehead atoms. The average Bonchev–Trinajstić information content (AvgIpc) is 3.22. The lowest BCUT2D eigenvalue weighted by Crippen LogP contribution is -2.34. The molecule has 0 aliphatic rings. The van der Waals surface area contributed by atoms with Gasteiger partial charge in [-0.25, -0.2) is 4.98 Å². The molecule has 6 nitrogen and oxygen atoms in total. The van der Waals surface area contributed by atoms with E-state index in [-0.39, 0.29) is 17.1 Å². The van der Waals surface area contributed by atoms with Crippen LogP contribution in [0.2, 0.25) is 0 Å². The fraction of sp³-hybridized carbons (Fsp3) is 0.227. The lowest BCUT2D eigenvalue weighted by atomic mass is 10.2. The minimum Gasteiger partial charge on any atom is -0.496 e. The van der Waals surface area contributed by atoms with Crippen LogP contribution in [0.5, 0.6) is 11.5 Å². The molecule has 3 aromatic rings. The summed E-state index contributed by atoms with van der Waals surface area (Å²) in [5.41, 5.74) is 2.22. The van der Waals surface area contributed by atoms with Crippen molar-refractivity contribution in [1.82, 2.24) is 10.3 Å². The van der Waals surface area contributed by atoms with Crippen LogP contribution in [-0.4, -0.2) is 29.2 Å². The number of anilines is 1. The van der Waals surface area contributed by atoms with Crippen LogP contribution in [0.3, 0.4) is 0 Å². The molecule has 1 heterocycles. The topological polar surface area (TPSA) is 72.5 Å². The predicted molar refractivity (Wildman–Crippen MR) is 132 cm³/mol. The number of hydrogen-bond donors (Lipinski definition) is 2. The summed E-state index contributed by atoms with van der Waals surface area (Å²) in [6.45, 7) is 4.06. The largest absolute Gasteiger partial charge is 0.496 e. The first kappa shape index (κ1) is 23.2. The molecule has 0 spiro atoms. The number of nitrogens with zero attached hydrogens (tertiary/aromatic N) is 1. The zero-order chi connectivity index (χ0) is 22.4. The van der Waals surface area contributed by atoms with E-state index in [0.717, 1.165) is 33.6 Å². The van der Waals surface area contributed by atoms with Crippen LogP contribution in [0.25, 0.3) is 11.3 Å². The summed E-state index contributed by atoms with van der Waals surface area (Å²) in [7, 11) is 1.62. The molecule has 0 unspecified atom stereocenters. The number of carbonyl (C=O) groups is 1. The van der Waals surface area contributed by atoms with Crippen molar-refractivity contribution in [2.24, 2.45) is 0 Å². The Morgan fingerprint density at radius 2 is 2.00 bits per heavy atom. The van der Waals surface area contributed by atoms with Gasteiger partial charge in [0.1, 0.15) is 11.5 Å². The Morgan fingerprint density at radius 1 is 1.26 bits per heavy atom. The van der Waals surface area contributed by atoms with Crippen molar-refractivity contribution in [2.75, 3.05) is 12.4 Å². The molecule has 0 saturated heterocycles. The third-order valence-corrected chi connectivity index (χ3v) is 6.01. The van der Waals surface area contributed by atoms with Crippen molar-refractivity contribution in [3.63, 3.8) is 0 Å². The van der Waals surface area contributed by atoms with E-state index in [1.165, 1.54) is 11.3 Å². The Balaban J connectivity index is 1.58. The molecule has 2 aromatic carbocycles. The molecule has 1 amide bonds. The van der Waals surface area contributed by atoms with Crippen molar-refractivity contribution in [1.29, 1.82) is 0 Å². The highest BCUT2D eigenvalue weighted by Gasteiger charge is 2.12. The quantitative estimate of drug-likeness (QED) is 0.379. The van der Waals surface area contributed by atoms with Gasteiger partial charge in [-0.1, -0.05) is 6.92 Å². The van der Waals surface area contributed by atoms with E-state index in [0.29, 0.717) is 10.7 Å². The molecule has 1 atom stereocenters. The van der Waals surface area contributed by atoms with Crippen molar-refractivity contribution >= 4 is 55.6 Å². The van der Waals surface area contributed by atoms with Crippen LogP contribution in [0.15, 0.2) is 52.3 Å². The standard InChI is InChI=1S/C22H22BrN3O3S2/c1-4-13(2)29-16-8-5-14(6-9-16)20(27)25-21(30)26-22-24-18(12-31-22)15-7-10-19(28-3)17(23)11-15/h5-13H,4H2,1-3H3,(H2,24,25,26,27,30)/t13-/m0/s1. The van der Waals surface area contributed by atoms with E-state index in [1.54, 1.807) is 31.4 Å². The zero-order valence-electron chi connectivity index (χ0n) is 17.3. The SMILES string of the molecule is CC[C@H](C)Oc1ccc(C(=O)NC(=S)Nc2nc(-c3ccc(OC)c(Br)c3)cs2)cc1. The maximum absolute atomic E-state index is 12.4. The van der Waals surface area contributed by atoms with Crippen LogP contribution in [0, 0.1) is 0 Å². The number of rotatable bonds is 7. The number of amides is 1.